The van der Waals surface area contributed by atoms with Gasteiger partial charge in [0.2, 0.25) is 0 Å². The number of halogens is 5. The Hall–Kier alpha value is -0.680. The fourth-order valence-electron chi connectivity index (χ4n) is 3.40. The molecule has 22 heavy (non-hydrogen) atoms. The number of allylic oxidation sites excluding steroid dienone is 1. The summed E-state index contributed by atoms with van der Waals surface area (Å²) in [6, 6.07) is 3.56. The smallest absolute Gasteiger partial charge is 0.207 e. The molecule has 0 radical (unpaired) electrons. The minimum absolute atomic E-state index is 0.0825. The Morgan fingerprint density at radius 3 is 2.27 bits per heavy atom. The number of fused-ring (bicyclic) bond motifs is 1. The van der Waals surface area contributed by atoms with Crippen molar-refractivity contribution in [3.05, 3.63) is 34.5 Å². The highest BCUT2D eigenvalue weighted by Crippen LogP contribution is 2.81. The number of hydrogen-bond acceptors (Lipinski definition) is 0. The Morgan fingerprint density at radius 1 is 1.05 bits per heavy atom. The van der Waals surface area contributed by atoms with Crippen LogP contribution in [0.1, 0.15) is 44.1 Å². The van der Waals surface area contributed by atoms with Gasteiger partial charge in [0.1, 0.15) is 5.82 Å². The zero-order valence-electron chi connectivity index (χ0n) is 11.9. The molecule has 1 aromatic rings. The van der Waals surface area contributed by atoms with E-state index >= 15 is 0 Å². The minimum Gasteiger partial charge on any atom is -0.207 e. The van der Waals surface area contributed by atoms with E-state index in [0.29, 0.717) is 5.56 Å². The van der Waals surface area contributed by atoms with E-state index in [1.807, 2.05) is 0 Å². The summed E-state index contributed by atoms with van der Waals surface area (Å²) in [5, 5.41) is 0. The van der Waals surface area contributed by atoms with E-state index in [9.17, 15) is 17.6 Å². The molecule has 0 aromatic heterocycles. The molecule has 1 atom stereocenters. The standard InChI is InChI=1S/C16H17ClF4S/c17-22(16(19,20)21)14(11-5-3-1-2-4-6-11)9-12-7-8-13(18)10-15(12)22/h7-11H,1-6H2. The summed E-state index contributed by atoms with van der Waals surface area (Å²) < 4.78 is 54.9. The minimum atomic E-state index is -4.56. The maximum Gasteiger partial charge on any atom is 0.445 e. The van der Waals surface area contributed by atoms with Crippen molar-refractivity contribution in [1.29, 1.82) is 0 Å². The monoisotopic (exact) mass is 352 g/mol. The van der Waals surface area contributed by atoms with Gasteiger partial charge in [-0.05, 0) is 67.4 Å². The van der Waals surface area contributed by atoms with Crippen molar-refractivity contribution < 1.29 is 17.6 Å². The van der Waals surface area contributed by atoms with Gasteiger partial charge in [0.05, 0.1) is 0 Å². The lowest BCUT2D eigenvalue weighted by Gasteiger charge is -2.37. The zero-order chi connectivity index (χ0) is 16.0. The summed E-state index contributed by atoms with van der Waals surface area (Å²) >= 11 is 0. The van der Waals surface area contributed by atoms with E-state index < -0.39 is 20.6 Å². The molecule has 0 nitrogen and oxygen atoms in total. The molecule has 1 heterocycles. The Balaban J connectivity index is 2.09. The number of alkyl halides is 3. The lowest BCUT2D eigenvalue weighted by atomic mass is 9.98. The second-order valence-electron chi connectivity index (χ2n) is 5.90. The molecule has 0 N–H and O–H groups in total. The Labute approximate surface area is 133 Å². The molecule has 1 aromatic carbocycles. The van der Waals surface area contributed by atoms with Gasteiger partial charge in [-0.3, -0.25) is 0 Å². The summed E-state index contributed by atoms with van der Waals surface area (Å²) in [6.45, 7) is 0. The molecular weight excluding hydrogens is 336 g/mol. The van der Waals surface area contributed by atoms with Crippen LogP contribution >= 0.6 is 19.9 Å². The zero-order valence-corrected chi connectivity index (χ0v) is 13.5. The molecule has 6 heteroatoms. The van der Waals surface area contributed by atoms with E-state index in [2.05, 4.69) is 0 Å². The van der Waals surface area contributed by atoms with Gasteiger partial charge in [-0.25, -0.2) is 4.39 Å². The van der Waals surface area contributed by atoms with Crippen molar-refractivity contribution >= 4 is 26.0 Å². The van der Waals surface area contributed by atoms with E-state index in [0.717, 1.165) is 44.6 Å². The van der Waals surface area contributed by atoms with Gasteiger partial charge in [0.15, 0.2) is 0 Å². The van der Waals surface area contributed by atoms with Crippen LogP contribution in [0.25, 0.3) is 6.08 Å². The topological polar surface area (TPSA) is 0 Å². The van der Waals surface area contributed by atoms with Crippen LogP contribution in [0.4, 0.5) is 17.6 Å². The first-order valence-corrected chi connectivity index (χ1v) is 9.90. The van der Waals surface area contributed by atoms with Crippen molar-refractivity contribution in [3.63, 3.8) is 0 Å². The van der Waals surface area contributed by atoms with Crippen LogP contribution in [0.3, 0.4) is 0 Å². The van der Waals surface area contributed by atoms with Gasteiger partial charge in [0, 0.05) is 4.90 Å². The quantitative estimate of drug-likeness (QED) is 0.377. The van der Waals surface area contributed by atoms with Gasteiger partial charge in [0.25, 0.3) is 0 Å². The average Bonchev–Trinajstić information content (AvgIpc) is 2.64. The van der Waals surface area contributed by atoms with E-state index in [1.165, 1.54) is 12.1 Å². The molecule has 1 fully saturated rings. The van der Waals surface area contributed by atoms with Crippen molar-refractivity contribution in [2.45, 2.75) is 48.9 Å². The third-order valence-corrected chi connectivity index (χ3v) is 8.73. The van der Waals surface area contributed by atoms with Crippen LogP contribution in [-0.4, -0.2) is 5.51 Å². The number of rotatable bonds is 1. The Kier molecular flexibility index (Phi) is 4.23. The van der Waals surface area contributed by atoms with Gasteiger partial charge in [-0.15, -0.1) is 0 Å². The Bertz CT molecular complexity index is 603. The lowest BCUT2D eigenvalue weighted by Crippen LogP contribution is -2.20. The van der Waals surface area contributed by atoms with Crippen molar-refractivity contribution in [1.82, 2.24) is 0 Å². The van der Waals surface area contributed by atoms with Crippen molar-refractivity contribution in [2.24, 2.45) is 5.92 Å². The molecule has 0 amide bonds. The molecule has 1 unspecified atom stereocenters. The molecule has 1 aliphatic carbocycles. The van der Waals surface area contributed by atoms with Crippen LogP contribution in [0.15, 0.2) is 28.0 Å². The fraction of sp³-hybridized carbons (Fsp3) is 0.500. The maximum absolute atomic E-state index is 13.8. The van der Waals surface area contributed by atoms with E-state index in [4.69, 9.17) is 10.7 Å². The second-order valence-corrected chi connectivity index (χ2v) is 9.74. The van der Waals surface area contributed by atoms with Crippen LogP contribution in [-0.2, 0) is 0 Å². The van der Waals surface area contributed by atoms with Gasteiger partial charge in [-0.2, -0.15) is 13.2 Å². The van der Waals surface area contributed by atoms with Gasteiger partial charge in [-0.1, -0.05) is 31.7 Å². The first-order valence-electron chi connectivity index (χ1n) is 7.44. The summed E-state index contributed by atoms with van der Waals surface area (Å²) in [5.74, 6) is -0.817. The van der Waals surface area contributed by atoms with Gasteiger partial charge < -0.3 is 0 Å². The molecule has 2 aliphatic rings. The number of hydrogen-bond donors (Lipinski definition) is 0. The Morgan fingerprint density at radius 2 is 1.68 bits per heavy atom. The summed E-state index contributed by atoms with van der Waals surface area (Å²) in [4.78, 5) is 0.199. The first-order chi connectivity index (χ1) is 10.3. The number of benzene rings is 1. The highest BCUT2D eigenvalue weighted by atomic mass is 35.7. The normalized spacial score (nSPS) is 29.4. The second kappa shape index (κ2) is 5.75. The third kappa shape index (κ3) is 2.56. The molecule has 1 aliphatic heterocycles. The predicted octanol–water partition coefficient (Wildman–Crippen LogP) is 6.99. The van der Waals surface area contributed by atoms with E-state index in [1.54, 1.807) is 6.08 Å². The highest BCUT2D eigenvalue weighted by molar-refractivity contribution is 8.54. The largest absolute Gasteiger partial charge is 0.445 e. The molecular formula is C16H17ClF4S. The molecule has 0 spiro atoms. The SMILES string of the molecule is Fc1ccc2c(c1)S(Cl)(C(F)(F)F)C(C1CCCCCC1)=C2. The van der Waals surface area contributed by atoms with Crippen LogP contribution in [0, 0.1) is 11.7 Å². The van der Waals surface area contributed by atoms with Crippen LogP contribution in [0.2, 0.25) is 0 Å². The summed E-state index contributed by atoms with van der Waals surface area (Å²) in [5.41, 5.74) is -4.14. The summed E-state index contributed by atoms with van der Waals surface area (Å²) in [7, 11) is 2.56. The molecule has 3 rings (SSSR count). The summed E-state index contributed by atoms with van der Waals surface area (Å²) in [6.07, 6.45) is 7.01. The van der Waals surface area contributed by atoms with Crippen LogP contribution in [0.5, 0.6) is 0 Å². The molecule has 1 saturated carbocycles. The third-order valence-electron chi connectivity index (χ3n) is 4.48. The lowest BCUT2D eigenvalue weighted by molar-refractivity contribution is -0.0361. The predicted molar refractivity (Wildman–Crippen MR) is 83.3 cm³/mol. The fourth-order valence-corrected chi connectivity index (χ4v) is 6.80. The van der Waals surface area contributed by atoms with Crippen LogP contribution < -0.4 is 0 Å². The molecule has 0 saturated heterocycles. The van der Waals surface area contributed by atoms with E-state index in [-0.39, 0.29) is 15.7 Å². The first kappa shape index (κ1) is 16.2. The molecule has 0 bridgehead atoms. The molecule has 122 valence electrons. The maximum atomic E-state index is 13.8. The average molecular weight is 353 g/mol. The van der Waals surface area contributed by atoms with Crippen molar-refractivity contribution in [2.75, 3.05) is 0 Å². The highest BCUT2D eigenvalue weighted by Gasteiger charge is 2.57. The van der Waals surface area contributed by atoms with Crippen molar-refractivity contribution in [3.8, 4) is 0 Å². The van der Waals surface area contributed by atoms with Gasteiger partial charge >= 0.3 is 5.51 Å².